The number of carbonyl (C=O) groups is 1. The number of hydrogen-bond acceptors (Lipinski definition) is 4. The third-order valence-corrected chi connectivity index (χ3v) is 6.20. The topological polar surface area (TPSA) is 55.2 Å². The molecule has 0 saturated heterocycles. The van der Waals surface area contributed by atoms with Crippen LogP contribution in [0.3, 0.4) is 0 Å². The lowest BCUT2D eigenvalue weighted by Gasteiger charge is -2.21. The van der Waals surface area contributed by atoms with Crippen molar-refractivity contribution in [3.63, 3.8) is 0 Å². The van der Waals surface area contributed by atoms with Gasteiger partial charge in [-0.2, -0.15) is 0 Å². The van der Waals surface area contributed by atoms with E-state index in [9.17, 15) is 14.0 Å². The van der Waals surface area contributed by atoms with E-state index in [0.717, 1.165) is 36.1 Å². The fraction of sp³-hybridized carbons (Fsp3) is 0.350. The molecule has 1 aliphatic rings. The van der Waals surface area contributed by atoms with E-state index >= 15 is 0 Å². The minimum absolute atomic E-state index is 0.0857. The average Bonchev–Trinajstić information content (AvgIpc) is 3.05. The molecule has 2 aromatic heterocycles. The third kappa shape index (κ3) is 3.27. The van der Waals surface area contributed by atoms with E-state index in [2.05, 4.69) is 4.98 Å². The van der Waals surface area contributed by atoms with Crippen LogP contribution in [0.4, 0.5) is 10.1 Å². The molecule has 0 aliphatic heterocycles. The second-order valence-corrected chi connectivity index (χ2v) is 7.77. The molecule has 5 nitrogen and oxygen atoms in total. The third-order valence-electron chi connectivity index (χ3n) is 5.00. The zero-order valence-corrected chi connectivity index (χ0v) is 15.9. The number of nitrogens with zero attached hydrogens (tertiary/aromatic N) is 3. The largest absolute Gasteiger partial charge is 0.311 e. The van der Waals surface area contributed by atoms with Crippen LogP contribution in [0.5, 0.6) is 0 Å². The van der Waals surface area contributed by atoms with Crippen LogP contribution in [0.15, 0.2) is 35.4 Å². The average molecular weight is 385 g/mol. The molecular weight excluding hydrogens is 365 g/mol. The van der Waals surface area contributed by atoms with Crippen LogP contribution in [0.25, 0.3) is 10.2 Å². The van der Waals surface area contributed by atoms with Crippen LogP contribution in [0.1, 0.15) is 30.2 Å². The summed E-state index contributed by atoms with van der Waals surface area (Å²) in [6.45, 7) is 2.20. The van der Waals surface area contributed by atoms with Crippen molar-refractivity contribution in [3.05, 3.63) is 57.2 Å². The zero-order valence-electron chi connectivity index (χ0n) is 15.1. The number of benzene rings is 1. The molecule has 1 aromatic carbocycles. The molecule has 0 spiro atoms. The number of hydrogen-bond donors (Lipinski definition) is 0. The number of rotatable bonds is 4. The second kappa shape index (κ2) is 7.23. The predicted molar refractivity (Wildman–Crippen MR) is 105 cm³/mol. The Morgan fingerprint density at radius 3 is 2.74 bits per heavy atom. The van der Waals surface area contributed by atoms with Crippen molar-refractivity contribution in [2.24, 2.45) is 0 Å². The van der Waals surface area contributed by atoms with Crippen molar-refractivity contribution in [2.75, 3.05) is 11.4 Å². The molecule has 0 radical (unpaired) electrons. The van der Waals surface area contributed by atoms with Crippen molar-refractivity contribution < 1.29 is 9.18 Å². The SMILES string of the molecule is CCN(C(=O)Cn1cnc2sc3c(c2c1=O)CCCC3)c1ccc(F)cc1. The van der Waals surface area contributed by atoms with Gasteiger partial charge in [0, 0.05) is 17.1 Å². The first-order valence-corrected chi connectivity index (χ1v) is 9.95. The number of aromatic nitrogens is 2. The first kappa shape index (κ1) is 17.9. The Hall–Kier alpha value is -2.54. The van der Waals surface area contributed by atoms with Gasteiger partial charge in [-0.15, -0.1) is 11.3 Å². The van der Waals surface area contributed by atoms with E-state index in [0.29, 0.717) is 17.6 Å². The Bertz CT molecular complexity index is 1060. The molecule has 0 bridgehead atoms. The van der Waals surface area contributed by atoms with Crippen LogP contribution in [-0.4, -0.2) is 22.0 Å². The lowest BCUT2D eigenvalue weighted by Crippen LogP contribution is -2.36. The number of fused-ring (bicyclic) bond motifs is 3. The van der Waals surface area contributed by atoms with Gasteiger partial charge in [-0.1, -0.05) is 0 Å². The number of aryl methyl sites for hydroxylation is 2. The number of likely N-dealkylation sites (N-methyl/N-ethyl adjacent to an activating group) is 1. The first-order valence-electron chi connectivity index (χ1n) is 9.14. The molecular formula is C20H20FN3O2S. The van der Waals surface area contributed by atoms with Gasteiger partial charge in [0.05, 0.1) is 11.7 Å². The van der Waals surface area contributed by atoms with E-state index in [1.807, 2.05) is 6.92 Å². The summed E-state index contributed by atoms with van der Waals surface area (Å²) in [6.07, 6.45) is 5.60. The molecule has 0 unspecified atom stereocenters. The van der Waals surface area contributed by atoms with Gasteiger partial charge in [0.15, 0.2) is 0 Å². The molecule has 4 rings (SSSR count). The van der Waals surface area contributed by atoms with Gasteiger partial charge in [0.25, 0.3) is 5.56 Å². The summed E-state index contributed by atoms with van der Waals surface area (Å²) < 4.78 is 14.5. The lowest BCUT2D eigenvalue weighted by atomic mass is 9.97. The van der Waals surface area contributed by atoms with E-state index in [1.54, 1.807) is 28.4 Å². The normalized spacial score (nSPS) is 13.6. The number of amides is 1. The highest BCUT2D eigenvalue weighted by atomic mass is 32.1. The summed E-state index contributed by atoms with van der Waals surface area (Å²) >= 11 is 1.60. The van der Waals surface area contributed by atoms with Crippen molar-refractivity contribution >= 4 is 33.1 Å². The monoisotopic (exact) mass is 385 g/mol. The molecule has 2 heterocycles. The van der Waals surface area contributed by atoms with Gasteiger partial charge in [-0.25, -0.2) is 9.37 Å². The predicted octanol–water partition coefficient (Wildman–Crippen LogP) is 3.53. The molecule has 1 amide bonds. The number of thiophene rings is 1. The second-order valence-electron chi connectivity index (χ2n) is 6.68. The Labute approximate surface area is 160 Å². The molecule has 140 valence electrons. The number of carbonyl (C=O) groups excluding carboxylic acids is 1. The first-order chi connectivity index (χ1) is 13.1. The summed E-state index contributed by atoms with van der Waals surface area (Å²) in [5, 5.41) is 0.676. The molecule has 27 heavy (non-hydrogen) atoms. The maximum atomic E-state index is 13.2. The molecule has 0 atom stereocenters. The van der Waals surface area contributed by atoms with E-state index in [-0.39, 0.29) is 23.8 Å². The van der Waals surface area contributed by atoms with Gasteiger partial charge >= 0.3 is 0 Å². The van der Waals surface area contributed by atoms with Crippen LogP contribution < -0.4 is 10.5 Å². The van der Waals surface area contributed by atoms with Gasteiger partial charge < -0.3 is 4.90 Å². The van der Waals surface area contributed by atoms with E-state index in [4.69, 9.17) is 0 Å². The standard InChI is InChI=1S/C20H20FN3O2S/c1-2-24(14-9-7-13(21)8-10-14)17(25)11-23-12-22-19-18(20(23)26)15-5-3-4-6-16(15)27-19/h7-10,12H,2-6,11H2,1H3. The fourth-order valence-electron chi connectivity index (χ4n) is 3.65. The number of halogens is 1. The summed E-state index contributed by atoms with van der Waals surface area (Å²) in [7, 11) is 0. The molecule has 0 fully saturated rings. The maximum absolute atomic E-state index is 13.2. The fourth-order valence-corrected chi connectivity index (χ4v) is 4.87. The van der Waals surface area contributed by atoms with Crippen LogP contribution in [-0.2, 0) is 24.2 Å². The highest BCUT2D eigenvalue weighted by molar-refractivity contribution is 7.18. The van der Waals surface area contributed by atoms with Gasteiger partial charge in [-0.05, 0) is 62.4 Å². The minimum atomic E-state index is -0.352. The summed E-state index contributed by atoms with van der Waals surface area (Å²) in [4.78, 5) is 33.8. The Kier molecular flexibility index (Phi) is 4.78. The minimum Gasteiger partial charge on any atom is -0.311 e. The zero-order chi connectivity index (χ0) is 19.0. The van der Waals surface area contributed by atoms with Crippen molar-refractivity contribution in [3.8, 4) is 0 Å². The highest BCUT2D eigenvalue weighted by Gasteiger charge is 2.21. The van der Waals surface area contributed by atoms with E-state index < -0.39 is 0 Å². The highest BCUT2D eigenvalue weighted by Crippen LogP contribution is 2.33. The quantitative estimate of drug-likeness (QED) is 0.690. The van der Waals surface area contributed by atoms with Gasteiger partial charge in [0.2, 0.25) is 5.91 Å². The summed E-state index contributed by atoms with van der Waals surface area (Å²) in [5.74, 6) is -0.577. The summed E-state index contributed by atoms with van der Waals surface area (Å²) in [6, 6.07) is 5.78. The van der Waals surface area contributed by atoms with Crippen molar-refractivity contribution in [2.45, 2.75) is 39.2 Å². The van der Waals surface area contributed by atoms with E-state index in [1.165, 1.54) is 27.9 Å². The summed E-state index contributed by atoms with van der Waals surface area (Å²) in [5.41, 5.74) is 1.58. The van der Waals surface area contributed by atoms with Gasteiger partial charge in [-0.3, -0.25) is 14.2 Å². The molecule has 0 saturated carbocycles. The van der Waals surface area contributed by atoms with Crippen LogP contribution in [0.2, 0.25) is 0 Å². The smallest absolute Gasteiger partial charge is 0.262 e. The lowest BCUT2D eigenvalue weighted by molar-refractivity contribution is -0.119. The molecule has 7 heteroatoms. The van der Waals surface area contributed by atoms with Crippen molar-refractivity contribution in [1.82, 2.24) is 9.55 Å². The maximum Gasteiger partial charge on any atom is 0.262 e. The van der Waals surface area contributed by atoms with Crippen LogP contribution >= 0.6 is 11.3 Å². The Balaban J connectivity index is 1.66. The van der Waals surface area contributed by atoms with Crippen LogP contribution in [0, 0.1) is 5.82 Å². The van der Waals surface area contributed by atoms with Crippen molar-refractivity contribution in [1.29, 1.82) is 0 Å². The Morgan fingerprint density at radius 1 is 1.26 bits per heavy atom. The van der Waals surface area contributed by atoms with Gasteiger partial charge in [0.1, 0.15) is 17.2 Å². The molecule has 3 aromatic rings. The molecule has 0 N–H and O–H groups in total. The molecule has 1 aliphatic carbocycles. The Morgan fingerprint density at radius 2 is 2.00 bits per heavy atom. The number of anilines is 1.